The third-order valence-corrected chi connectivity index (χ3v) is 3.28. The zero-order valence-electron chi connectivity index (χ0n) is 11.0. The Bertz CT molecular complexity index is 584. The second-order valence-corrected chi connectivity index (χ2v) is 4.63. The van der Waals surface area contributed by atoms with Crippen molar-refractivity contribution in [1.82, 2.24) is 4.98 Å². The van der Waals surface area contributed by atoms with Gasteiger partial charge in [-0.05, 0) is 37.1 Å². The average Bonchev–Trinajstić information content (AvgIpc) is 2.43. The van der Waals surface area contributed by atoms with Crippen LogP contribution in [0.15, 0.2) is 30.5 Å². The topological polar surface area (TPSA) is 42.4 Å². The number of aliphatic hydroxyl groups excluding tert-OH is 1. The van der Waals surface area contributed by atoms with Crippen LogP contribution in [0.5, 0.6) is 5.75 Å². The van der Waals surface area contributed by atoms with Gasteiger partial charge in [-0.3, -0.25) is 4.98 Å². The summed E-state index contributed by atoms with van der Waals surface area (Å²) in [6.07, 6.45) is 1.64. The number of pyridine rings is 1. The lowest BCUT2D eigenvalue weighted by molar-refractivity contribution is 0.276. The average molecular weight is 278 g/mol. The largest absolute Gasteiger partial charge is 0.492 e. The Labute approximate surface area is 117 Å². The number of aliphatic hydroxyl groups is 1. The van der Waals surface area contributed by atoms with Gasteiger partial charge in [-0.2, -0.15) is 0 Å². The van der Waals surface area contributed by atoms with Gasteiger partial charge in [-0.25, -0.2) is 0 Å². The van der Waals surface area contributed by atoms with Crippen LogP contribution in [0.25, 0.3) is 11.1 Å². The van der Waals surface area contributed by atoms with Crippen LogP contribution < -0.4 is 4.74 Å². The molecule has 0 aliphatic rings. The van der Waals surface area contributed by atoms with Crippen molar-refractivity contribution in [3.05, 3.63) is 46.7 Å². The predicted molar refractivity (Wildman–Crippen MR) is 76.5 cm³/mol. The molecule has 1 aromatic heterocycles. The van der Waals surface area contributed by atoms with E-state index in [-0.39, 0.29) is 6.61 Å². The molecule has 2 rings (SSSR count). The molecule has 3 nitrogen and oxygen atoms in total. The molecular weight excluding hydrogens is 262 g/mol. The number of benzene rings is 1. The van der Waals surface area contributed by atoms with E-state index in [1.807, 2.05) is 38.1 Å². The summed E-state index contributed by atoms with van der Waals surface area (Å²) in [5.41, 5.74) is 3.48. The molecule has 1 aromatic carbocycles. The van der Waals surface area contributed by atoms with Crippen LogP contribution in [-0.4, -0.2) is 16.7 Å². The minimum atomic E-state index is -0.0982. The number of aromatic nitrogens is 1. The molecular formula is C15H16ClNO2. The van der Waals surface area contributed by atoms with Crippen LogP contribution in [0.4, 0.5) is 0 Å². The van der Waals surface area contributed by atoms with Gasteiger partial charge in [0.25, 0.3) is 0 Å². The zero-order chi connectivity index (χ0) is 13.8. The quantitative estimate of drug-likeness (QED) is 0.928. The van der Waals surface area contributed by atoms with E-state index in [0.717, 1.165) is 16.7 Å². The standard InChI is InChI=1S/C15H16ClNO2/c1-3-19-15-8-17-12(9-18)7-13(15)11-5-4-10(2)14(16)6-11/h4-8,18H,3,9H2,1-2H3. The van der Waals surface area contributed by atoms with E-state index in [2.05, 4.69) is 4.98 Å². The highest BCUT2D eigenvalue weighted by Gasteiger charge is 2.09. The van der Waals surface area contributed by atoms with Crippen molar-refractivity contribution in [2.75, 3.05) is 6.61 Å². The molecule has 0 bridgehead atoms. The van der Waals surface area contributed by atoms with Crippen molar-refractivity contribution in [2.45, 2.75) is 20.5 Å². The molecule has 1 N–H and O–H groups in total. The minimum absolute atomic E-state index is 0.0982. The van der Waals surface area contributed by atoms with Gasteiger partial charge in [0, 0.05) is 10.6 Å². The van der Waals surface area contributed by atoms with Gasteiger partial charge in [0.2, 0.25) is 0 Å². The van der Waals surface area contributed by atoms with E-state index in [9.17, 15) is 5.11 Å². The zero-order valence-corrected chi connectivity index (χ0v) is 11.7. The monoisotopic (exact) mass is 277 g/mol. The number of rotatable bonds is 4. The third kappa shape index (κ3) is 3.06. The maximum absolute atomic E-state index is 9.20. The molecule has 0 saturated carbocycles. The molecule has 4 heteroatoms. The number of nitrogens with zero attached hydrogens (tertiary/aromatic N) is 1. The van der Waals surface area contributed by atoms with E-state index >= 15 is 0 Å². The fourth-order valence-corrected chi connectivity index (χ4v) is 2.01. The summed E-state index contributed by atoms with van der Waals surface area (Å²) < 4.78 is 5.57. The number of ether oxygens (including phenoxy) is 1. The van der Waals surface area contributed by atoms with E-state index in [1.165, 1.54) is 0 Å². The molecule has 0 saturated heterocycles. The van der Waals surface area contributed by atoms with Gasteiger partial charge in [0.15, 0.2) is 0 Å². The Kier molecular flexibility index (Phi) is 4.40. The van der Waals surface area contributed by atoms with Crippen LogP contribution in [0.1, 0.15) is 18.2 Å². The maximum Gasteiger partial charge on any atom is 0.145 e. The fraction of sp³-hybridized carbons (Fsp3) is 0.267. The van der Waals surface area contributed by atoms with Crippen molar-refractivity contribution in [1.29, 1.82) is 0 Å². The molecule has 2 aromatic rings. The molecule has 1 heterocycles. The summed E-state index contributed by atoms with van der Waals surface area (Å²) in [6.45, 7) is 4.35. The van der Waals surface area contributed by atoms with Gasteiger partial charge in [0.05, 0.1) is 25.1 Å². The minimum Gasteiger partial charge on any atom is -0.492 e. The first-order valence-electron chi connectivity index (χ1n) is 6.14. The summed E-state index contributed by atoms with van der Waals surface area (Å²) >= 11 is 6.16. The van der Waals surface area contributed by atoms with Crippen molar-refractivity contribution in [3.8, 4) is 16.9 Å². The molecule has 0 aliphatic carbocycles. The highest BCUT2D eigenvalue weighted by molar-refractivity contribution is 6.31. The predicted octanol–water partition coefficient (Wildman–Crippen LogP) is 3.60. The molecule has 19 heavy (non-hydrogen) atoms. The van der Waals surface area contributed by atoms with Crippen LogP contribution in [-0.2, 0) is 6.61 Å². The molecule has 0 amide bonds. The van der Waals surface area contributed by atoms with Gasteiger partial charge < -0.3 is 9.84 Å². The molecule has 0 unspecified atom stereocenters. The Balaban J connectivity index is 2.53. The molecule has 0 fully saturated rings. The van der Waals surface area contributed by atoms with E-state index in [4.69, 9.17) is 16.3 Å². The Hall–Kier alpha value is -1.58. The molecule has 100 valence electrons. The Morgan fingerprint density at radius 2 is 2.11 bits per heavy atom. The summed E-state index contributed by atoms with van der Waals surface area (Å²) in [6, 6.07) is 7.68. The number of halogens is 1. The van der Waals surface area contributed by atoms with E-state index in [1.54, 1.807) is 6.20 Å². The lowest BCUT2D eigenvalue weighted by Crippen LogP contribution is -1.98. The van der Waals surface area contributed by atoms with E-state index < -0.39 is 0 Å². The van der Waals surface area contributed by atoms with Crippen LogP contribution in [0.3, 0.4) is 0 Å². The van der Waals surface area contributed by atoms with Gasteiger partial charge in [-0.1, -0.05) is 23.7 Å². The van der Waals surface area contributed by atoms with Crippen molar-refractivity contribution >= 4 is 11.6 Å². The van der Waals surface area contributed by atoms with Gasteiger partial charge >= 0.3 is 0 Å². The van der Waals surface area contributed by atoms with Crippen LogP contribution in [0.2, 0.25) is 5.02 Å². The summed E-state index contributed by atoms with van der Waals surface area (Å²) in [5.74, 6) is 0.694. The fourth-order valence-electron chi connectivity index (χ4n) is 1.83. The molecule has 0 atom stereocenters. The molecule has 0 radical (unpaired) electrons. The lowest BCUT2D eigenvalue weighted by Gasteiger charge is -2.12. The number of hydrogen-bond acceptors (Lipinski definition) is 3. The second kappa shape index (κ2) is 6.04. The third-order valence-electron chi connectivity index (χ3n) is 2.87. The summed E-state index contributed by atoms with van der Waals surface area (Å²) in [5, 5.41) is 9.91. The Morgan fingerprint density at radius 3 is 2.74 bits per heavy atom. The normalized spacial score (nSPS) is 10.5. The SMILES string of the molecule is CCOc1cnc(CO)cc1-c1ccc(C)c(Cl)c1. The summed E-state index contributed by atoms with van der Waals surface area (Å²) in [7, 11) is 0. The van der Waals surface area contributed by atoms with Crippen LogP contribution in [0, 0.1) is 6.92 Å². The molecule has 0 aliphatic heterocycles. The van der Waals surface area contributed by atoms with E-state index in [0.29, 0.717) is 23.1 Å². The maximum atomic E-state index is 9.20. The highest BCUT2D eigenvalue weighted by atomic mass is 35.5. The highest BCUT2D eigenvalue weighted by Crippen LogP contribution is 2.32. The lowest BCUT2D eigenvalue weighted by atomic mass is 10.0. The summed E-state index contributed by atoms with van der Waals surface area (Å²) in [4.78, 5) is 4.13. The van der Waals surface area contributed by atoms with Crippen molar-refractivity contribution in [3.63, 3.8) is 0 Å². The van der Waals surface area contributed by atoms with Crippen molar-refractivity contribution in [2.24, 2.45) is 0 Å². The second-order valence-electron chi connectivity index (χ2n) is 4.23. The first-order valence-corrected chi connectivity index (χ1v) is 6.52. The van der Waals surface area contributed by atoms with Crippen LogP contribution >= 0.6 is 11.6 Å². The Morgan fingerprint density at radius 1 is 1.32 bits per heavy atom. The first kappa shape index (κ1) is 13.8. The van der Waals surface area contributed by atoms with Gasteiger partial charge in [-0.15, -0.1) is 0 Å². The molecule has 0 spiro atoms. The van der Waals surface area contributed by atoms with Crippen molar-refractivity contribution < 1.29 is 9.84 Å². The number of aryl methyl sites for hydroxylation is 1. The smallest absolute Gasteiger partial charge is 0.145 e. The number of hydrogen-bond donors (Lipinski definition) is 1. The van der Waals surface area contributed by atoms with Gasteiger partial charge in [0.1, 0.15) is 5.75 Å². The first-order chi connectivity index (χ1) is 9.15.